The first-order valence-corrected chi connectivity index (χ1v) is 11.7. The van der Waals surface area contributed by atoms with Crippen molar-refractivity contribution in [3.63, 3.8) is 0 Å². The normalized spacial score (nSPS) is 13.0. The third-order valence-electron chi connectivity index (χ3n) is 2.20. The van der Waals surface area contributed by atoms with Crippen molar-refractivity contribution in [1.29, 1.82) is 0 Å². The summed E-state index contributed by atoms with van der Waals surface area (Å²) in [5.74, 6) is 0. The Balaban J connectivity index is 3.04. The van der Waals surface area contributed by atoms with Crippen LogP contribution in [0.15, 0.2) is 12.1 Å². The van der Waals surface area contributed by atoms with Crippen molar-refractivity contribution in [2.24, 2.45) is 0 Å². The summed E-state index contributed by atoms with van der Waals surface area (Å²) in [5, 5.41) is 0. The molecule has 0 saturated heterocycles. The van der Waals surface area contributed by atoms with Crippen LogP contribution in [-0.4, -0.2) is 21.3 Å². The van der Waals surface area contributed by atoms with E-state index in [0.717, 1.165) is 4.62 Å². The van der Waals surface area contributed by atoms with E-state index in [-0.39, 0.29) is 0 Å². The van der Waals surface area contributed by atoms with Gasteiger partial charge in [-0.05, 0) is 24.4 Å². The Kier molecular flexibility index (Phi) is 5.16. The highest BCUT2D eigenvalue weighted by molar-refractivity contribution is 7.69. The minimum Gasteiger partial charge on any atom is -0.305 e. The average Bonchev–Trinajstić information content (AvgIpc) is 2.66. The van der Waals surface area contributed by atoms with Crippen molar-refractivity contribution in [2.45, 2.75) is 33.5 Å². The van der Waals surface area contributed by atoms with E-state index in [1.807, 2.05) is 19.9 Å². The van der Waals surface area contributed by atoms with Gasteiger partial charge in [0.05, 0.1) is 21.3 Å². The molecule has 98 valence electrons. The molecule has 0 aromatic carbocycles. The lowest BCUT2D eigenvalue weighted by molar-refractivity contribution is 0.230. The van der Waals surface area contributed by atoms with E-state index in [9.17, 15) is 4.57 Å². The molecular formula is C11H21O3PSSi. The minimum absolute atomic E-state index is 0.400. The zero-order chi connectivity index (χ0) is 13.1. The predicted molar refractivity (Wildman–Crippen MR) is 77.8 cm³/mol. The maximum absolute atomic E-state index is 12.5. The molecule has 1 rings (SSSR count). The Morgan fingerprint density at radius 2 is 1.71 bits per heavy atom. The van der Waals surface area contributed by atoms with Crippen LogP contribution in [0, 0.1) is 0 Å². The van der Waals surface area contributed by atoms with Gasteiger partial charge in [-0.25, -0.2) is 0 Å². The number of rotatable bonds is 6. The van der Waals surface area contributed by atoms with Crippen molar-refractivity contribution in [3.8, 4) is 0 Å². The van der Waals surface area contributed by atoms with Crippen LogP contribution in [0.2, 0.25) is 19.6 Å². The molecule has 0 bridgehead atoms. The molecule has 0 aliphatic heterocycles. The summed E-state index contributed by atoms with van der Waals surface area (Å²) in [6, 6.07) is 3.96. The minimum atomic E-state index is -3.08. The van der Waals surface area contributed by atoms with Gasteiger partial charge in [-0.3, -0.25) is 4.57 Å². The molecule has 0 N–H and O–H groups in total. The van der Waals surface area contributed by atoms with Gasteiger partial charge in [0, 0.05) is 0 Å². The Bertz CT molecular complexity index is 401. The quantitative estimate of drug-likeness (QED) is 0.597. The predicted octanol–water partition coefficient (Wildman–Crippen LogP) is 3.18. The molecule has 1 heterocycles. The lowest BCUT2D eigenvalue weighted by Crippen LogP contribution is -2.35. The van der Waals surface area contributed by atoms with Gasteiger partial charge in [0.2, 0.25) is 0 Å². The van der Waals surface area contributed by atoms with Crippen LogP contribution >= 0.6 is 18.9 Å². The van der Waals surface area contributed by atoms with Crippen LogP contribution in [0.4, 0.5) is 0 Å². The van der Waals surface area contributed by atoms with Gasteiger partial charge in [-0.1, -0.05) is 25.7 Å². The highest BCUT2D eigenvalue weighted by Crippen LogP contribution is 2.47. The van der Waals surface area contributed by atoms with Crippen molar-refractivity contribution in [2.75, 3.05) is 13.2 Å². The van der Waals surface area contributed by atoms with Gasteiger partial charge in [-0.2, -0.15) is 0 Å². The standard InChI is InChI=1S/C11H21O3PSSi/c1-6-13-15(12,14-7-2)10-8-9-11(16-10)17(3,4)5/h8-9H,6-7H2,1-5H3. The smallest absolute Gasteiger partial charge is 0.305 e. The first-order valence-electron chi connectivity index (χ1n) is 5.83. The molecule has 1 aromatic heterocycles. The number of thiophene rings is 1. The Morgan fingerprint density at radius 3 is 2.06 bits per heavy atom. The largest absolute Gasteiger partial charge is 0.371 e. The SMILES string of the molecule is CCOP(=O)(OCC)c1ccc([Si](C)(C)C)s1. The Hall–Kier alpha value is 0.0669. The fourth-order valence-electron chi connectivity index (χ4n) is 1.38. The van der Waals surface area contributed by atoms with Gasteiger partial charge in [0.1, 0.15) is 4.62 Å². The summed E-state index contributed by atoms with van der Waals surface area (Å²) in [5.41, 5.74) is 0. The van der Waals surface area contributed by atoms with E-state index in [4.69, 9.17) is 9.05 Å². The molecule has 0 unspecified atom stereocenters. The molecule has 0 amide bonds. The van der Waals surface area contributed by atoms with E-state index in [1.54, 1.807) is 11.3 Å². The molecule has 6 heteroatoms. The number of hydrogen-bond donors (Lipinski definition) is 0. The van der Waals surface area contributed by atoms with Crippen LogP contribution in [-0.2, 0) is 13.6 Å². The monoisotopic (exact) mass is 292 g/mol. The van der Waals surface area contributed by atoms with Crippen molar-refractivity contribution >= 4 is 36.1 Å². The summed E-state index contributed by atoms with van der Waals surface area (Å²) in [6.07, 6.45) is 0. The molecular weight excluding hydrogens is 271 g/mol. The Morgan fingerprint density at radius 1 is 1.18 bits per heavy atom. The van der Waals surface area contributed by atoms with Gasteiger partial charge in [-0.15, -0.1) is 11.3 Å². The van der Waals surface area contributed by atoms with E-state index < -0.39 is 15.7 Å². The van der Waals surface area contributed by atoms with Crippen molar-refractivity contribution in [1.82, 2.24) is 0 Å². The second kappa shape index (κ2) is 5.80. The third-order valence-corrected chi connectivity index (χ3v) is 9.52. The lowest BCUT2D eigenvalue weighted by atomic mass is 10.7. The summed E-state index contributed by atoms with van der Waals surface area (Å²) in [4.78, 5) is 0. The molecule has 3 nitrogen and oxygen atoms in total. The molecule has 0 atom stereocenters. The highest BCUT2D eigenvalue weighted by atomic mass is 32.1. The van der Waals surface area contributed by atoms with Crippen LogP contribution in [0.1, 0.15) is 13.8 Å². The van der Waals surface area contributed by atoms with E-state index in [1.165, 1.54) is 4.50 Å². The van der Waals surface area contributed by atoms with Gasteiger partial charge in [0.15, 0.2) is 0 Å². The first-order chi connectivity index (χ1) is 7.83. The van der Waals surface area contributed by atoms with Gasteiger partial charge in [0.25, 0.3) is 0 Å². The molecule has 17 heavy (non-hydrogen) atoms. The van der Waals surface area contributed by atoms with Gasteiger partial charge < -0.3 is 9.05 Å². The maximum Gasteiger partial charge on any atom is 0.371 e. The van der Waals surface area contributed by atoms with Crippen molar-refractivity contribution < 1.29 is 13.6 Å². The third kappa shape index (κ3) is 3.76. The van der Waals surface area contributed by atoms with E-state index in [0.29, 0.717) is 13.2 Å². The second-order valence-corrected chi connectivity index (χ2v) is 13.5. The highest BCUT2D eigenvalue weighted by Gasteiger charge is 2.30. The average molecular weight is 292 g/mol. The summed E-state index contributed by atoms with van der Waals surface area (Å²) in [6.45, 7) is 11.3. The van der Waals surface area contributed by atoms with Crippen LogP contribution in [0.5, 0.6) is 0 Å². The van der Waals surface area contributed by atoms with Gasteiger partial charge >= 0.3 is 7.60 Å². The van der Waals surface area contributed by atoms with Crippen molar-refractivity contribution in [3.05, 3.63) is 12.1 Å². The summed E-state index contributed by atoms with van der Waals surface area (Å²) in [7, 11) is -4.43. The van der Waals surface area contributed by atoms with E-state index in [2.05, 4.69) is 25.7 Å². The summed E-state index contributed by atoms with van der Waals surface area (Å²) >= 11 is 1.58. The molecule has 0 aliphatic rings. The first kappa shape index (κ1) is 15.1. The topological polar surface area (TPSA) is 35.5 Å². The van der Waals surface area contributed by atoms with Crippen LogP contribution in [0.25, 0.3) is 0 Å². The molecule has 1 aromatic rings. The summed E-state index contributed by atoms with van der Waals surface area (Å²) < 4.78 is 25.3. The lowest BCUT2D eigenvalue weighted by Gasteiger charge is -2.16. The molecule has 0 radical (unpaired) electrons. The fourth-order valence-corrected chi connectivity index (χ4v) is 6.60. The second-order valence-electron chi connectivity index (χ2n) is 4.72. The molecule has 0 fully saturated rings. The Labute approximate surface area is 109 Å². The van der Waals surface area contributed by atoms with Crippen LogP contribution in [0.3, 0.4) is 0 Å². The zero-order valence-corrected chi connectivity index (χ0v) is 13.9. The van der Waals surface area contributed by atoms with Crippen LogP contribution < -0.4 is 9.12 Å². The maximum atomic E-state index is 12.5. The molecule has 0 saturated carbocycles. The number of hydrogen-bond acceptors (Lipinski definition) is 4. The fraction of sp³-hybridized carbons (Fsp3) is 0.636. The van der Waals surface area contributed by atoms with E-state index >= 15 is 0 Å². The molecule has 0 spiro atoms. The molecule has 0 aliphatic carbocycles. The zero-order valence-electron chi connectivity index (χ0n) is 11.1.